The van der Waals surface area contributed by atoms with E-state index in [1.54, 1.807) is 6.07 Å². The van der Waals surface area contributed by atoms with Gasteiger partial charge in [0, 0.05) is 35.8 Å². The number of hydrogen-bond donors (Lipinski definition) is 1. The summed E-state index contributed by atoms with van der Waals surface area (Å²) in [5, 5.41) is 4.07. The summed E-state index contributed by atoms with van der Waals surface area (Å²) in [7, 11) is 0. The molecule has 1 aromatic rings. The Morgan fingerprint density at radius 3 is 2.75 bits per heavy atom. The molecule has 0 aliphatic carbocycles. The first-order valence-corrected chi connectivity index (χ1v) is 7.57. The summed E-state index contributed by atoms with van der Waals surface area (Å²) in [6.07, 6.45) is 0. The molecule has 108 valence electrons. The number of fused-ring (bicyclic) bond motifs is 1. The fourth-order valence-corrected chi connectivity index (χ4v) is 4.07. The second kappa shape index (κ2) is 4.74. The SMILES string of the molecule is Cc1cc(Cl)cc(C(=O)N2CC3CNCC3C2(C)C)c1. The number of carbonyl (C=O) groups is 1. The largest absolute Gasteiger partial charge is 0.333 e. The molecule has 0 saturated carbocycles. The second-order valence-corrected chi connectivity index (χ2v) is 7.05. The van der Waals surface area contributed by atoms with Gasteiger partial charge in [-0.15, -0.1) is 0 Å². The third kappa shape index (κ3) is 2.13. The molecule has 0 bridgehead atoms. The normalized spacial score (nSPS) is 27.7. The minimum Gasteiger partial charge on any atom is -0.333 e. The number of amides is 1. The van der Waals surface area contributed by atoms with E-state index in [1.807, 2.05) is 24.0 Å². The Balaban J connectivity index is 1.91. The van der Waals surface area contributed by atoms with Crippen LogP contribution in [0.3, 0.4) is 0 Å². The van der Waals surface area contributed by atoms with Crippen molar-refractivity contribution in [2.75, 3.05) is 19.6 Å². The van der Waals surface area contributed by atoms with Gasteiger partial charge in [0.15, 0.2) is 0 Å². The van der Waals surface area contributed by atoms with Crippen LogP contribution in [0.2, 0.25) is 5.02 Å². The summed E-state index contributed by atoms with van der Waals surface area (Å²) in [6, 6.07) is 5.59. The van der Waals surface area contributed by atoms with Crippen LogP contribution in [-0.4, -0.2) is 36.0 Å². The molecule has 0 aromatic heterocycles. The fourth-order valence-electron chi connectivity index (χ4n) is 3.78. The van der Waals surface area contributed by atoms with Crippen molar-refractivity contribution in [2.45, 2.75) is 26.3 Å². The van der Waals surface area contributed by atoms with Gasteiger partial charge in [-0.2, -0.15) is 0 Å². The lowest BCUT2D eigenvalue weighted by Crippen LogP contribution is -2.47. The highest BCUT2D eigenvalue weighted by Gasteiger charge is 2.51. The highest BCUT2D eigenvalue weighted by Crippen LogP contribution is 2.41. The summed E-state index contributed by atoms with van der Waals surface area (Å²) in [4.78, 5) is 14.9. The number of rotatable bonds is 1. The Morgan fingerprint density at radius 1 is 1.35 bits per heavy atom. The van der Waals surface area contributed by atoms with Gasteiger partial charge in [-0.25, -0.2) is 0 Å². The zero-order valence-electron chi connectivity index (χ0n) is 12.2. The number of likely N-dealkylation sites (tertiary alicyclic amines) is 1. The van der Waals surface area contributed by atoms with Crippen LogP contribution in [0.1, 0.15) is 29.8 Å². The van der Waals surface area contributed by atoms with Crippen LogP contribution in [0.4, 0.5) is 0 Å². The maximum Gasteiger partial charge on any atom is 0.254 e. The van der Waals surface area contributed by atoms with Gasteiger partial charge in [-0.1, -0.05) is 11.6 Å². The van der Waals surface area contributed by atoms with E-state index in [1.165, 1.54) is 0 Å². The van der Waals surface area contributed by atoms with Crippen LogP contribution in [0.25, 0.3) is 0 Å². The lowest BCUT2D eigenvalue weighted by Gasteiger charge is -2.35. The Bertz CT molecular complexity index is 535. The number of hydrogen-bond acceptors (Lipinski definition) is 2. The standard InChI is InChI=1S/C16H21ClN2O/c1-10-4-11(6-13(17)5-10)15(20)19-9-12-7-18-8-14(12)16(19,2)3/h4-6,12,14,18H,7-9H2,1-3H3. The molecule has 1 N–H and O–H groups in total. The summed E-state index contributed by atoms with van der Waals surface area (Å²) in [5.41, 5.74) is 1.64. The molecule has 2 saturated heterocycles. The molecule has 2 atom stereocenters. The summed E-state index contributed by atoms with van der Waals surface area (Å²) in [6.45, 7) is 9.20. The molecule has 2 aliphatic heterocycles. The van der Waals surface area contributed by atoms with Gasteiger partial charge in [-0.3, -0.25) is 4.79 Å². The molecular formula is C16H21ClN2O. The van der Waals surface area contributed by atoms with Crippen LogP contribution in [0, 0.1) is 18.8 Å². The van der Waals surface area contributed by atoms with E-state index in [4.69, 9.17) is 11.6 Å². The smallest absolute Gasteiger partial charge is 0.254 e. The molecule has 2 aliphatic rings. The van der Waals surface area contributed by atoms with Crippen molar-refractivity contribution < 1.29 is 4.79 Å². The van der Waals surface area contributed by atoms with Gasteiger partial charge < -0.3 is 10.2 Å². The van der Waals surface area contributed by atoms with E-state index >= 15 is 0 Å². The molecule has 1 aromatic carbocycles. The number of nitrogens with one attached hydrogen (secondary N) is 1. The molecule has 0 spiro atoms. The highest BCUT2D eigenvalue weighted by atomic mass is 35.5. The Kier molecular flexibility index (Phi) is 3.30. The number of benzene rings is 1. The zero-order valence-corrected chi connectivity index (χ0v) is 13.0. The number of aryl methyl sites for hydroxylation is 1. The summed E-state index contributed by atoms with van der Waals surface area (Å²) >= 11 is 6.09. The lowest BCUT2D eigenvalue weighted by atomic mass is 9.84. The minimum absolute atomic E-state index is 0.0958. The number of carbonyl (C=O) groups excluding carboxylic acids is 1. The van der Waals surface area contributed by atoms with Gasteiger partial charge in [0.25, 0.3) is 5.91 Å². The van der Waals surface area contributed by atoms with E-state index in [-0.39, 0.29) is 11.4 Å². The van der Waals surface area contributed by atoms with Crippen molar-refractivity contribution >= 4 is 17.5 Å². The van der Waals surface area contributed by atoms with Gasteiger partial charge in [0.2, 0.25) is 0 Å². The molecule has 2 unspecified atom stereocenters. The Hall–Kier alpha value is -1.06. The third-order valence-electron chi connectivity index (χ3n) is 4.89. The predicted molar refractivity (Wildman–Crippen MR) is 81.2 cm³/mol. The van der Waals surface area contributed by atoms with Gasteiger partial charge in [-0.05, 0) is 56.4 Å². The topological polar surface area (TPSA) is 32.3 Å². The van der Waals surface area contributed by atoms with Gasteiger partial charge >= 0.3 is 0 Å². The summed E-state index contributed by atoms with van der Waals surface area (Å²) in [5.74, 6) is 1.23. The first-order chi connectivity index (χ1) is 9.39. The number of nitrogens with zero attached hydrogens (tertiary/aromatic N) is 1. The van der Waals surface area contributed by atoms with E-state index in [0.717, 1.165) is 25.2 Å². The molecule has 0 radical (unpaired) electrons. The minimum atomic E-state index is -0.0958. The maximum absolute atomic E-state index is 12.8. The second-order valence-electron chi connectivity index (χ2n) is 6.61. The number of halogens is 1. The first kappa shape index (κ1) is 13.9. The lowest BCUT2D eigenvalue weighted by molar-refractivity contribution is 0.0603. The molecule has 20 heavy (non-hydrogen) atoms. The monoisotopic (exact) mass is 292 g/mol. The van der Waals surface area contributed by atoms with E-state index < -0.39 is 0 Å². The first-order valence-electron chi connectivity index (χ1n) is 7.19. The van der Waals surface area contributed by atoms with Crippen molar-refractivity contribution in [3.8, 4) is 0 Å². The van der Waals surface area contributed by atoms with Crippen LogP contribution >= 0.6 is 11.6 Å². The van der Waals surface area contributed by atoms with E-state index in [0.29, 0.717) is 22.4 Å². The van der Waals surface area contributed by atoms with Crippen LogP contribution in [0.15, 0.2) is 18.2 Å². The molecule has 3 rings (SSSR count). The van der Waals surface area contributed by atoms with Crippen molar-refractivity contribution in [1.82, 2.24) is 10.2 Å². The fraction of sp³-hybridized carbons (Fsp3) is 0.562. The predicted octanol–water partition coefficient (Wildman–Crippen LogP) is 2.72. The van der Waals surface area contributed by atoms with Gasteiger partial charge in [0.05, 0.1) is 0 Å². The van der Waals surface area contributed by atoms with Gasteiger partial charge in [0.1, 0.15) is 0 Å². The highest BCUT2D eigenvalue weighted by molar-refractivity contribution is 6.31. The maximum atomic E-state index is 12.8. The van der Waals surface area contributed by atoms with Crippen LogP contribution < -0.4 is 5.32 Å². The average molecular weight is 293 g/mol. The third-order valence-corrected chi connectivity index (χ3v) is 5.11. The van der Waals surface area contributed by atoms with E-state index in [9.17, 15) is 4.79 Å². The molecule has 1 amide bonds. The van der Waals surface area contributed by atoms with Crippen molar-refractivity contribution in [1.29, 1.82) is 0 Å². The van der Waals surface area contributed by atoms with Crippen molar-refractivity contribution in [2.24, 2.45) is 11.8 Å². The van der Waals surface area contributed by atoms with E-state index in [2.05, 4.69) is 19.2 Å². The molecular weight excluding hydrogens is 272 g/mol. The summed E-state index contributed by atoms with van der Waals surface area (Å²) < 4.78 is 0. The molecule has 4 heteroatoms. The molecule has 2 heterocycles. The quantitative estimate of drug-likeness (QED) is 0.863. The van der Waals surface area contributed by atoms with Crippen LogP contribution in [-0.2, 0) is 0 Å². The zero-order chi connectivity index (χ0) is 14.5. The Labute approximate surface area is 125 Å². The molecule has 2 fully saturated rings. The Morgan fingerprint density at radius 2 is 2.10 bits per heavy atom. The van der Waals surface area contributed by atoms with Crippen LogP contribution in [0.5, 0.6) is 0 Å². The average Bonchev–Trinajstić information content (AvgIpc) is 2.90. The van der Waals surface area contributed by atoms with Crippen molar-refractivity contribution in [3.63, 3.8) is 0 Å². The van der Waals surface area contributed by atoms with Crippen molar-refractivity contribution in [3.05, 3.63) is 34.3 Å². The molecule has 3 nitrogen and oxygen atoms in total.